The molecule has 0 radical (unpaired) electrons. The van der Waals surface area contributed by atoms with Crippen LogP contribution in [0.25, 0.3) is 10.9 Å². The predicted molar refractivity (Wildman–Crippen MR) is 79.8 cm³/mol. The highest BCUT2D eigenvalue weighted by molar-refractivity contribution is 7.99. The first kappa shape index (κ1) is 15.7. The van der Waals surface area contributed by atoms with Gasteiger partial charge in [0, 0.05) is 10.3 Å². The molecule has 0 aliphatic carbocycles. The van der Waals surface area contributed by atoms with Crippen molar-refractivity contribution >= 4 is 22.7 Å². The van der Waals surface area contributed by atoms with Crippen molar-refractivity contribution in [3.8, 4) is 0 Å². The Morgan fingerprint density at radius 2 is 1.65 bits per heavy atom. The first-order valence-electron chi connectivity index (χ1n) is 6.62. The average Bonchev–Trinajstić information content (AvgIpc) is 2.49. The second-order valence-corrected chi connectivity index (χ2v) is 5.99. The number of rotatable bonds is 2. The minimum absolute atomic E-state index is 0.192. The van der Waals surface area contributed by atoms with E-state index in [-0.39, 0.29) is 10.5 Å². The fourth-order valence-corrected chi connectivity index (χ4v) is 2.93. The van der Waals surface area contributed by atoms with E-state index in [4.69, 9.17) is 0 Å². The van der Waals surface area contributed by atoms with Crippen LogP contribution in [-0.4, -0.2) is 9.97 Å². The van der Waals surface area contributed by atoms with Crippen LogP contribution in [0.4, 0.5) is 17.6 Å². The normalized spacial score (nSPS) is 11.9. The Labute approximate surface area is 133 Å². The number of benzene rings is 2. The summed E-state index contributed by atoms with van der Waals surface area (Å²) in [5, 5.41) is 0.727. The van der Waals surface area contributed by atoms with Crippen molar-refractivity contribution in [2.45, 2.75) is 23.0 Å². The smallest absolute Gasteiger partial charge is 0.224 e. The molecule has 7 heteroatoms. The quantitative estimate of drug-likeness (QED) is 0.472. The summed E-state index contributed by atoms with van der Waals surface area (Å²) >= 11 is 1.05. The van der Waals surface area contributed by atoms with E-state index in [1.807, 2.05) is 6.92 Å². The lowest BCUT2D eigenvalue weighted by Gasteiger charge is -2.11. The fraction of sp³-hybridized carbons (Fsp3) is 0.125. The van der Waals surface area contributed by atoms with Gasteiger partial charge in [-0.05, 0) is 43.3 Å². The van der Waals surface area contributed by atoms with E-state index in [1.165, 1.54) is 30.3 Å². The molecule has 0 atom stereocenters. The summed E-state index contributed by atoms with van der Waals surface area (Å²) in [6, 6.07) is 10.5. The number of hydrogen-bond donors (Lipinski definition) is 0. The average molecular weight is 338 g/mol. The van der Waals surface area contributed by atoms with E-state index in [1.54, 1.807) is 12.1 Å². The Morgan fingerprint density at radius 1 is 0.957 bits per heavy atom. The highest BCUT2D eigenvalue weighted by atomic mass is 32.2. The molecular formula is C16H10F4N2S. The molecule has 0 aliphatic heterocycles. The van der Waals surface area contributed by atoms with Crippen molar-refractivity contribution in [1.29, 1.82) is 0 Å². The monoisotopic (exact) mass is 338 g/mol. The largest absolute Gasteiger partial charge is 0.451 e. The third kappa shape index (κ3) is 3.44. The van der Waals surface area contributed by atoms with Gasteiger partial charge in [0.15, 0.2) is 0 Å². The molecule has 0 amide bonds. The van der Waals surface area contributed by atoms with E-state index in [0.29, 0.717) is 10.3 Å². The van der Waals surface area contributed by atoms with Gasteiger partial charge in [-0.1, -0.05) is 23.4 Å². The van der Waals surface area contributed by atoms with Gasteiger partial charge in [0.2, 0.25) is 5.82 Å². The Balaban J connectivity index is 2.15. The third-order valence-electron chi connectivity index (χ3n) is 3.10. The maximum atomic E-state index is 13.0. The number of nitrogens with zero attached hydrogens (tertiary/aromatic N) is 2. The number of aromatic nitrogens is 2. The highest BCUT2D eigenvalue weighted by Gasteiger charge is 2.35. The number of alkyl halides is 3. The maximum Gasteiger partial charge on any atom is 0.451 e. The Bertz CT molecular complexity index is 860. The van der Waals surface area contributed by atoms with Crippen molar-refractivity contribution < 1.29 is 17.6 Å². The summed E-state index contributed by atoms with van der Waals surface area (Å²) in [6.45, 7) is 1.84. The van der Waals surface area contributed by atoms with Gasteiger partial charge in [0.1, 0.15) is 10.8 Å². The lowest BCUT2D eigenvalue weighted by molar-refractivity contribution is -0.145. The minimum Gasteiger partial charge on any atom is -0.224 e. The molecule has 0 N–H and O–H groups in total. The molecule has 0 saturated carbocycles. The summed E-state index contributed by atoms with van der Waals surface area (Å²) < 4.78 is 51.9. The maximum absolute atomic E-state index is 13.0. The van der Waals surface area contributed by atoms with Crippen LogP contribution in [0.15, 0.2) is 52.4 Å². The molecule has 1 aromatic heterocycles. The van der Waals surface area contributed by atoms with Crippen LogP contribution in [0.2, 0.25) is 0 Å². The zero-order valence-electron chi connectivity index (χ0n) is 11.9. The first-order valence-corrected chi connectivity index (χ1v) is 7.43. The van der Waals surface area contributed by atoms with Gasteiger partial charge in [-0.2, -0.15) is 13.2 Å². The summed E-state index contributed by atoms with van der Waals surface area (Å²) in [4.78, 5) is 7.86. The molecule has 0 bridgehead atoms. The Morgan fingerprint density at radius 3 is 2.30 bits per heavy atom. The molecule has 0 fully saturated rings. The van der Waals surface area contributed by atoms with Crippen molar-refractivity contribution in [2.75, 3.05) is 0 Å². The standard InChI is InChI=1S/C16H10F4N2S/c1-9-2-7-13-12(8-9)14(22-15(21-13)16(18,19)20)23-11-5-3-10(17)4-6-11/h2-8H,1H3. The van der Waals surface area contributed by atoms with Gasteiger partial charge >= 0.3 is 6.18 Å². The number of fused-ring (bicyclic) bond motifs is 1. The van der Waals surface area contributed by atoms with Gasteiger partial charge < -0.3 is 0 Å². The van der Waals surface area contributed by atoms with Crippen LogP contribution in [0, 0.1) is 12.7 Å². The number of hydrogen-bond acceptors (Lipinski definition) is 3. The highest BCUT2D eigenvalue weighted by Crippen LogP contribution is 2.35. The number of halogens is 4. The van der Waals surface area contributed by atoms with Crippen LogP contribution in [0.1, 0.15) is 11.4 Å². The topological polar surface area (TPSA) is 25.8 Å². The Kier molecular flexibility index (Phi) is 3.97. The van der Waals surface area contributed by atoms with E-state index in [0.717, 1.165) is 17.3 Å². The third-order valence-corrected chi connectivity index (χ3v) is 4.11. The summed E-state index contributed by atoms with van der Waals surface area (Å²) in [5.74, 6) is -1.59. The van der Waals surface area contributed by atoms with E-state index in [2.05, 4.69) is 9.97 Å². The Hall–Kier alpha value is -2.15. The van der Waals surface area contributed by atoms with Crippen molar-refractivity contribution in [3.63, 3.8) is 0 Å². The van der Waals surface area contributed by atoms with E-state index >= 15 is 0 Å². The second-order valence-electron chi connectivity index (χ2n) is 4.93. The van der Waals surface area contributed by atoms with Gasteiger partial charge in [0.25, 0.3) is 0 Å². The van der Waals surface area contributed by atoms with Crippen molar-refractivity contribution in [2.24, 2.45) is 0 Å². The molecule has 0 spiro atoms. The van der Waals surface area contributed by atoms with E-state index in [9.17, 15) is 17.6 Å². The molecule has 2 aromatic carbocycles. The molecule has 118 valence electrons. The van der Waals surface area contributed by atoms with Crippen LogP contribution in [0.3, 0.4) is 0 Å². The molecule has 1 heterocycles. The molecule has 0 aliphatic rings. The van der Waals surface area contributed by atoms with Crippen molar-refractivity contribution in [3.05, 3.63) is 59.7 Å². The van der Waals surface area contributed by atoms with Gasteiger partial charge in [-0.15, -0.1) is 0 Å². The van der Waals surface area contributed by atoms with Gasteiger partial charge in [-0.3, -0.25) is 0 Å². The zero-order valence-corrected chi connectivity index (χ0v) is 12.7. The lowest BCUT2D eigenvalue weighted by Crippen LogP contribution is -2.11. The van der Waals surface area contributed by atoms with Crippen LogP contribution in [0.5, 0.6) is 0 Å². The first-order chi connectivity index (χ1) is 10.8. The zero-order chi connectivity index (χ0) is 16.6. The molecule has 23 heavy (non-hydrogen) atoms. The molecule has 3 rings (SSSR count). The molecular weight excluding hydrogens is 328 g/mol. The lowest BCUT2D eigenvalue weighted by atomic mass is 10.2. The van der Waals surface area contributed by atoms with Gasteiger partial charge in [-0.25, -0.2) is 14.4 Å². The number of aryl methyl sites for hydroxylation is 1. The SMILES string of the molecule is Cc1ccc2nc(C(F)(F)F)nc(Sc3ccc(F)cc3)c2c1. The second kappa shape index (κ2) is 5.81. The fourth-order valence-electron chi connectivity index (χ4n) is 2.03. The summed E-state index contributed by atoms with van der Waals surface area (Å²) in [7, 11) is 0. The van der Waals surface area contributed by atoms with E-state index < -0.39 is 17.8 Å². The molecule has 0 unspecified atom stereocenters. The summed E-state index contributed by atoms with van der Waals surface area (Å²) in [5.41, 5.74) is 1.12. The molecule has 0 saturated heterocycles. The minimum atomic E-state index is -4.63. The predicted octanol–water partition coefficient (Wildman–Crippen LogP) is 5.25. The van der Waals surface area contributed by atoms with Crippen LogP contribution in [-0.2, 0) is 6.18 Å². The molecule has 2 nitrogen and oxygen atoms in total. The summed E-state index contributed by atoms with van der Waals surface area (Å²) in [6.07, 6.45) is -4.63. The van der Waals surface area contributed by atoms with Crippen LogP contribution < -0.4 is 0 Å². The van der Waals surface area contributed by atoms with Crippen molar-refractivity contribution in [1.82, 2.24) is 9.97 Å². The van der Waals surface area contributed by atoms with Crippen LogP contribution >= 0.6 is 11.8 Å². The van der Waals surface area contributed by atoms with Gasteiger partial charge in [0.05, 0.1) is 5.52 Å². The molecule has 3 aromatic rings.